The molecule has 1 saturated heterocycles. The zero-order chi connectivity index (χ0) is 43.3. The number of Topliss-reactive ketones (excluding diaryl/α,β-unsaturated/α-hetero) is 1. The minimum absolute atomic E-state index is 0.0670. The predicted octanol–water partition coefficient (Wildman–Crippen LogP) is 4.80. The van der Waals surface area contributed by atoms with E-state index >= 15 is 0 Å². The molecule has 326 valence electrons. The second kappa shape index (κ2) is 30.0. The van der Waals surface area contributed by atoms with Crippen LogP contribution < -0.4 is 26.0 Å². The molecule has 0 aromatic heterocycles. The molecule has 2 aromatic rings. The number of carboxylic acids is 1. The number of nitrogens with zero attached hydrogens (tertiary/aromatic N) is 1. The number of ketones is 1. The monoisotopic (exact) mass is 821 g/mol. The van der Waals surface area contributed by atoms with E-state index in [1.165, 1.54) is 43.4 Å². The van der Waals surface area contributed by atoms with Crippen molar-refractivity contribution in [2.45, 2.75) is 122 Å². The minimum Gasteiger partial charge on any atom is -0.494 e. The molecule has 3 atom stereocenters. The number of aliphatic hydroxyl groups is 1. The largest absolute Gasteiger partial charge is 0.494 e. The van der Waals surface area contributed by atoms with Crippen LogP contribution in [0.15, 0.2) is 66.4 Å². The lowest BCUT2D eigenvalue weighted by molar-refractivity contribution is -0.140. The van der Waals surface area contributed by atoms with E-state index in [0.29, 0.717) is 57.6 Å². The van der Waals surface area contributed by atoms with Crippen molar-refractivity contribution in [1.29, 1.82) is 0 Å². The molecule has 14 heteroatoms. The smallest absolute Gasteiger partial charge is 0.330 e. The van der Waals surface area contributed by atoms with Gasteiger partial charge in [0, 0.05) is 25.4 Å². The first kappa shape index (κ1) is 50.1. The molecule has 3 amide bonds. The summed E-state index contributed by atoms with van der Waals surface area (Å²) < 4.78 is 5.61. The van der Waals surface area contributed by atoms with Crippen molar-refractivity contribution in [3.05, 3.63) is 77.5 Å². The molecule has 4 rings (SSSR count). The van der Waals surface area contributed by atoms with Crippen molar-refractivity contribution in [3.8, 4) is 5.75 Å². The zero-order valence-corrected chi connectivity index (χ0v) is 35.2. The summed E-state index contributed by atoms with van der Waals surface area (Å²) in [5, 5.41) is 29.4. The van der Waals surface area contributed by atoms with Crippen LogP contribution in [0.25, 0.3) is 0 Å². The number of nitrogens with one attached hydrogen (secondary N) is 4. The van der Waals surface area contributed by atoms with E-state index in [1.54, 1.807) is 24.3 Å². The summed E-state index contributed by atoms with van der Waals surface area (Å²) in [6.45, 7) is 5.21. The molecular formula is C45H67N5O9. The molecule has 1 heterocycles. The molecule has 2 fully saturated rings. The van der Waals surface area contributed by atoms with Gasteiger partial charge in [-0.1, -0.05) is 107 Å². The van der Waals surface area contributed by atoms with Crippen LogP contribution in [0.1, 0.15) is 114 Å². The van der Waals surface area contributed by atoms with Crippen molar-refractivity contribution in [2.75, 3.05) is 39.9 Å². The van der Waals surface area contributed by atoms with Gasteiger partial charge in [-0.05, 0) is 68.8 Å². The third-order valence-corrected chi connectivity index (χ3v) is 9.78. The predicted molar refractivity (Wildman–Crippen MR) is 228 cm³/mol. The molecule has 0 bridgehead atoms. The summed E-state index contributed by atoms with van der Waals surface area (Å²) in [6, 6.07) is 14.0. The number of carbonyl (C=O) groups is 6. The molecule has 0 radical (unpaired) electrons. The summed E-state index contributed by atoms with van der Waals surface area (Å²) in [5.41, 5.74) is 2.38. The highest BCUT2D eigenvalue weighted by Crippen LogP contribution is 2.19. The summed E-state index contributed by atoms with van der Waals surface area (Å²) >= 11 is 0. The van der Waals surface area contributed by atoms with Crippen molar-refractivity contribution in [3.63, 3.8) is 0 Å². The minimum atomic E-state index is -0.892. The number of amides is 3. The molecule has 1 saturated carbocycles. The van der Waals surface area contributed by atoms with Crippen LogP contribution in [-0.4, -0.2) is 103 Å². The van der Waals surface area contributed by atoms with Gasteiger partial charge < -0.3 is 41.1 Å². The Hall–Kier alpha value is -5.08. The molecule has 1 aliphatic carbocycles. The van der Waals surface area contributed by atoms with E-state index < -0.39 is 35.8 Å². The highest BCUT2D eigenvalue weighted by atomic mass is 16.5. The number of carboxylic acid groups (broad SMARTS) is 1. The summed E-state index contributed by atoms with van der Waals surface area (Å²) in [6.07, 6.45) is 15.5. The van der Waals surface area contributed by atoms with Gasteiger partial charge in [0.2, 0.25) is 23.5 Å². The van der Waals surface area contributed by atoms with Crippen molar-refractivity contribution < 1.29 is 43.7 Å². The number of aldehydes is 1. The van der Waals surface area contributed by atoms with E-state index in [4.69, 9.17) is 9.84 Å². The summed E-state index contributed by atoms with van der Waals surface area (Å²) in [4.78, 5) is 73.2. The first-order chi connectivity index (χ1) is 28.6. The van der Waals surface area contributed by atoms with Gasteiger partial charge in [-0.25, -0.2) is 4.79 Å². The van der Waals surface area contributed by atoms with Gasteiger partial charge >= 0.3 is 5.97 Å². The normalized spacial score (nSPS) is 15.8. The fourth-order valence-electron chi connectivity index (χ4n) is 6.73. The van der Waals surface area contributed by atoms with Gasteiger partial charge in [-0.2, -0.15) is 0 Å². The topological polar surface area (TPSA) is 203 Å². The lowest BCUT2D eigenvalue weighted by Crippen LogP contribution is -2.52. The maximum atomic E-state index is 12.7. The molecule has 59 heavy (non-hydrogen) atoms. The molecule has 0 spiro atoms. The first-order valence-electron chi connectivity index (χ1n) is 21.1. The zero-order valence-electron chi connectivity index (χ0n) is 35.2. The second-order valence-corrected chi connectivity index (χ2v) is 14.6. The van der Waals surface area contributed by atoms with Gasteiger partial charge in [0.25, 0.3) is 0 Å². The number of aliphatic carboxylic acids is 1. The van der Waals surface area contributed by atoms with E-state index in [2.05, 4.69) is 21.3 Å². The quantitative estimate of drug-likeness (QED) is 0.0541. The highest BCUT2D eigenvalue weighted by Gasteiger charge is 2.35. The fraction of sp³-hybridized carbons (Fsp3) is 0.556. The van der Waals surface area contributed by atoms with E-state index in [-0.39, 0.29) is 37.7 Å². The van der Waals surface area contributed by atoms with Gasteiger partial charge in [0.15, 0.2) is 6.29 Å². The number of aliphatic hydroxyl groups excluding tert-OH is 1. The summed E-state index contributed by atoms with van der Waals surface area (Å²) in [5.74, 6) is -2.13. The Kier molecular flexibility index (Phi) is 25.5. The van der Waals surface area contributed by atoms with Crippen LogP contribution in [0.2, 0.25) is 0 Å². The Morgan fingerprint density at radius 1 is 0.898 bits per heavy atom. The number of likely N-dealkylation sites (tertiary alicyclic amines) is 1. The van der Waals surface area contributed by atoms with Crippen LogP contribution in [-0.2, 0) is 35.2 Å². The van der Waals surface area contributed by atoms with Gasteiger partial charge in [-0.15, -0.1) is 0 Å². The number of ether oxygens (including phenoxy) is 1. The standard InChI is InChI=1S/C25H35N3O7.C14H20N2O2.C6H12/c1-2-7-20(22(31)17-30)27-25(34)21-10-6-11-28(21)24(33)16-26-23(32)15-18-8-5-9-19(14-18)35-13-4-3-12-29;1-3-7-12(10-15-2)16-13(14(17)18)11-8-5-4-6-9-11;1-2-4-6-5-3-1/h5,8-9,14,17,20-21,29H,2-4,6-7,10-13,15-16H2,1H3,(H,26,32)(H,27,34);4-9,13,15-16H,3,10H2,1-2H3,(H,17,18);1-6H2/b;12-7+;. The molecule has 3 unspecified atom stereocenters. The Bertz CT molecular complexity index is 1590. The lowest BCUT2D eigenvalue weighted by atomic mass is 10.0. The number of likely N-dealkylation sites (N-methyl/N-ethyl adjacent to an activating group) is 1. The van der Waals surface area contributed by atoms with Crippen LogP contribution >= 0.6 is 0 Å². The number of benzene rings is 2. The Labute approximate surface area is 349 Å². The third kappa shape index (κ3) is 20.0. The molecule has 2 aromatic carbocycles. The average Bonchev–Trinajstić information content (AvgIpc) is 3.75. The van der Waals surface area contributed by atoms with E-state index in [9.17, 15) is 33.9 Å². The maximum absolute atomic E-state index is 12.7. The van der Waals surface area contributed by atoms with E-state index in [1.807, 2.05) is 57.3 Å². The Morgan fingerprint density at radius 3 is 2.19 bits per heavy atom. The summed E-state index contributed by atoms with van der Waals surface area (Å²) in [7, 11) is 1.84. The maximum Gasteiger partial charge on any atom is 0.330 e. The number of hydrogen-bond acceptors (Lipinski definition) is 10. The molecular weight excluding hydrogens is 755 g/mol. The average molecular weight is 822 g/mol. The Balaban J connectivity index is 0.000000410. The van der Waals surface area contributed by atoms with Crippen LogP contribution in [0.4, 0.5) is 0 Å². The number of hydrogen-bond donors (Lipinski definition) is 6. The van der Waals surface area contributed by atoms with E-state index in [0.717, 1.165) is 29.7 Å². The number of allylic oxidation sites excluding steroid dienone is 1. The number of carbonyl (C=O) groups excluding carboxylic acids is 5. The Morgan fingerprint density at radius 2 is 1.59 bits per heavy atom. The SMILES string of the molecule is C1CCCCC1.CC/C=C(\CNC)NC(C(=O)O)c1ccccc1.CCCC(NC(=O)C1CCCN1C(=O)CNC(=O)Cc1cccc(OCCCCO)c1)C(=O)C=O. The van der Waals surface area contributed by atoms with Crippen LogP contribution in [0, 0.1) is 0 Å². The first-order valence-corrected chi connectivity index (χ1v) is 21.1. The highest BCUT2D eigenvalue weighted by molar-refractivity contribution is 6.28. The third-order valence-electron chi connectivity index (χ3n) is 9.78. The molecule has 2 aliphatic rings. The fourth-order valence-corrected chi connectivity index (χ4v) is 6.73. The number of unbranched alkanes of at least 4 members (excludes halogenated alkanes) is 1. The molecule has 6 N–H and O–H groups in total. The van der Waals surface area contributed by atoms with Crippen molar-refractivity contribution in [1.82, 2.24) is 26.2 Å². The van der Waals surface area contributed by atoms with Crippen molar-refractivity contribution >= 4 is 35.8 Å². The van der Waals surface area contributed by atoms with Gasteiger partial charge in [0.1, 0.15) is 17.8 Å². The molecule has 1 aliphatic heterocycles. The lowest BCUT2D eigenvalue weighted by Gasteiger charge is -2.26. The number of rotatable bonds is 22. The molecule has 14 nitrogen and oxygen atoms in total. The second-order valence-electron chi connectivity index (χ2n) is 14.6. The van der Waals surface area contributed by atoms with Crippen LogP contribution in [0.3, 0.4) is 0 Å². The van der Waals surface area contributed by atoms with Crippen molar-refractivity contribution in [2.24, 2.45) is 0 Å². The van der Waals surface area contributed by atoms with Crippen LogP contribution in [0.5, 0.6) is 5.75 Å². The van der Waals surface area contributed by atoms with Gasteiger partial charge in [-0.3, -0.25) is 24.0 Å². The van der Waals surface area contributed by atoms with Gasteiger partial charge in [0.05, 0.1) is 25.6 Å².